The van der Waals surface area contributed by atoms with Crippen LogP contribution in [0.3, 0.4) is 0 Å². The normalized spacial score (nSPS) is 11.2. The fraction of sp³-hybridized carbons (Fsp3) is 0.0909. The van der Waals surface area contributed by atoms with Gasteiger partial charge in [0.2, 0.25) is 11.0 Å². The Kier molecular flexibility index (Phi) is 6.17. The van der Waals surface area contributed by atoms with Gasteiger partial charge >= 0.3 is 0 Å². The fourth-order valence-electron chi connectivity index (χ4n) is 3.07. The van der Waals surface area contributed by atoms with E-state index in [1.807, 2.05) is 30.3 Å². The van der Waals surface area contributed by atoms with Crippen molar-refractivity contribution in [2.45, 2.75) is 14.4 Å². The van der Waals surface area contributed by atoms with Crippen LogP contribution in [0.5, 0.6) is 0 Å². The van der Waals surface area contributed by atoms with Gasteiger partial charge in [-0.3, -0.25) is 10.1 Å². The number of anilines is 1. The van der Waals surface area contributed by atoms with Crippen LogP contribution in [0.25, 0.3) is 21.0 Å². The third-order valence-corrected chi connectivity index (χ3v) is 8.69. The van der Waals surface area contributed by atoms with Crippen molar-refractivity contribution >= 4 is 78.2 Å². The standard InChI is InChI=1S/C22H16N4OS4/c27-19(13-29-21-23-17-10-3-4-11-18(17)30-21)24-20-25-26-22(31-20)28-12-15-8-5-7-14-6-1-2-9-16(14)15/h1-11H,12-13H2,(H,24,25,27). The second-order valence-electron chi connectivity index (χ2n) is 6.58. The molecule has 2 aromatic heterocycles. The van der Waals surface area contributed by atoms with Crippen LogP contribution in [0.15, 0.2) is 75.4 Å². The van der Waals surface area contributed by atoms with Crippen molar-refractivity contribution in [1.82, 2.24) is 15.2 Å². The number of nitrogens with zero attached hydrogens (tertiary/aromatic N) is 3. The molecule has 1 amide bonds. The molecule has 3 aromatic carbocycles. The first-order chi connectivity index (χ1) is 15.2. The zero-order valence-corrected chi connectivity index (χ0v) is 19.4. The Morgan fingerprint density at radius 3 is 2.65 bits per heavy atom. The minimum Gasteiger partial charge on any atom is -0.300 e. The molecule has 154 valence electrons. The van der Waals surface area contributed by atoms with Crippen molar-refractivity contribution in [3.8, 4) is 0 Å². The number of rotatable bonds is 7. The highest BCUT2D eigenvalue weighted by Crippen LogP contribution is 2.32. The predicted molar refractivity (Wildman–Crippen MR) is 132 cm³/mol. The Balaban J connectivity index is 1.16. The lowest BCUT2D eigenvalue weighted by atomic mass is 10.1. The molecule has 0 fully saturated rings. The average molecular weight is 481 g/mol. The molecule has 9 heteroatoms. The number of para-hydroxylation sites is 1. The van der Waals surface area contributed by atoms with Crippen LogP contribution in [0, 0.1) is 0 Å². The molecule has 0 aliphatic heterocycles. The Hall–Kier alpha value is -2.46. The summed E-state index contributed by atoms with van der Waals surface area (Å²) in [4.78, 5) is 16.9. The van der Waals surface area contributed by atoms with E-state index in [1.54, 1.807) is 23.1 Å². The summed E-state index contributed by atoms with van der Waals surface area (Å²) in [5.74, 6) is 0.987. The lowest BCUT2D eigenvalue weighted by molar-refractivity contribution is -0.113. The zero-order valence-electron chi connectivity index (χ0n) is 16.1. The molecule has 2 heterocycles. The molecule has 0 aliphatic carbocycles. The summed E-state index contributed by atoms with van der Waals surface area (Å²) in [6.45, 7) is 0. The van der Waals surface area contributed by atoms with Crippen molar-refractivity contribution in [1.29, 1.82) is 0 Å². The topological polar surface area (TPSA) is 67.8 Å². The number of thioether (sulfide) groups is 2. The summed E-state index contributed by atoms with van der Waals surface area (Å²) in [7, 11) is 0. The van der Waals surface area contributed by atoms with Gasteiger partial charge in [-0.1, -0.05) is 89.5 Å². The molecule has 1 N–H and O–H groups in total. The predicted octanol–water partition coefficient (Wildman–Crippen LogP) is 6.32. The minimum atomic E-state index is -0.106. The van der Waals surface area contributed by atoms with Crippen molar-refractivity contribution < 1.29 is 4.79 Å². The molecule has 31 heavy (non-hydrogen) atoms. The highest BCUT2D eigenvalue weighted by molar-refractivity contribution is 8.01. The monoisotopic (exact) mass is 480 g/mol. The van der Waals surface area contributed by atoms with Gasteiger partial charge in [0.25, 0.3) is 0 Å². The van der Waals surface area contributed by atoms with E-state index in [0.717, 1.165) is 24.6 Å². The molecule has 0 radical (unpaired) electrons. The van der Waals surface area contributed by atoms with Gasteiger partial charge in [0.05, 0.1) is 16.0 Å². The molecule has 5 nitrogen and oxygen atoms in total. The number of benzene rings is 3. The highest BCUT2D eigenvalue weighted by Gasteiger charge is 2.12. The summed E-state index contributed by atoms with van der Waals surface area (Å²) >= 11 is 6.06. The van der Waals surface area contributed by atoms with E-state index in [4.69, 9.17) is 0 Å². The molecule has 0 aliphatic rings. The molecule has 5 aromatic rings. The smallest absolute Gasteiger partial charge is 0.236 e. The van der Waals surface area contributed by atoms with Gasteiger partial charge < -0.3 is 0 Å². The van der Waals surface area contributed by atoms with Crippen LogP contribution >= 0.6 is 46.2 Å². The van der Waals surface area contributed by atoms with Crippen LogP contribution in [0.2, 0.25) is 0 Å². The number of aromatic nitrogens is 3. The number of carbonyl (C=O) groups is 1. The van der Waals surface area contributed by atoms with Gasteiger partial charge in [0, 0.05) is 5.75 Å². The molecule has 0 bridgehead atoms. The number of amides is 1. The molecule has 0 spiro atoms. The average Bonchev–Trinajstić information content (AvgIpc) is 3.42. The maximum Gasteiger partial charge on any atom is 0.236 e. The van der Waals surface area contributed by atoms with Gasteiger partial charge in [0.15, 0.2) is 8.68 Å². The van der Waals surface area contributed by atoms with Crippen molar-refractivity contribution in [3.05, 3.63) is 72.3 Å². The molecule has 0 unspecified atom stereocenters. The maximum atomic E-state index is 12.3. The van der Waals surface area contributed by atoms with Crippen molar-refractivity contribution in [2.75, 3.05) is 11.1 Å². The van der Waals surface area contributed by atoms with E-state index < -0.39 is 0 Å². The van der Waals surface area contributed by atoms with Gasteiger partial charge in [-0.15, -0.1) is 21.5 Å². The number of fused-ring (bicyclic) bond motifs is 2. The lowest BCUT2D eigenvalue weighted by Gasteiger charge is -2.04. The van der Waals surface area contributed by atoms with Crippen LogP contribution in [0.1, 0.15) is 5.56 Å². The van der Waals surface area contributed by atoms with E-state index >= 15 is 0 Å². The first kappa shape index (κ1) is 20.4. The first-order valence-electron chi connectivity index (χ1n) is 9.46. The third-order valence-electron chi connectivity index (χ3n) is 4.48. The summed E-state index contributed by atoms with van der Waals surface area (Å²) in [5, 5.41) is 14.2. The van der Waals surface area contributed by atoms with Gasteiger partial charge in [-0.25, -0.2) is 4.98 Å². The van der Waals surface area contributed by atoms with Crippen molar-refractivity contribution in [3.63, 3.8) is 0 Å². The summed E-state index contributed by atoms with van der Waals surface area (Å²) in [6.07, 6.45) is 0. The molecular formula is C22H16N4OS4. The fourth-order valence-corrected chi connectivity index (χ4v) is 6.71. The summed E-state index contributed by atoms with van der Waals surface area (Å²) in [5.41, 5.74) is 2.23. The van der Waals surface area contributed by atoms with Crippen LogP contribution in [0.4, 0.5) is 5.13 Å². The Morgan fingerprint density at radius 1 is 0.871 bits per heavy atom. The van der Waals surface area contributed by atoms with Crippen LogP contribution < -0.4 is 5.32 Å². The number of carbonyl (C=O) groups excluding carboxylic acids is 1. The lowest BCUT2D eigenvalue weighted by Crippen LogP contribution is -2.13. The van der Waals surface area contributed by atoms with E-state index in [1.165, 1.54) is 39.4 Å². The first-order valence-corrected chi connectivity index (χ1v) is 13.1. The number of thiazole rings is 1. The minimum absolute atomic E-state index is 0.106. The molecular weight excluding hydrogens is 465 g/mol. The maximum absolute atomic E-state index is 12.3. The van der Waals surface area contributed by atoms with Crippen LogP contribution in [-0.4, -0.2) is 26.8 Å². The van der Waals surface area contributed by atoms with Gasteiger partial charge in [0.1, 0.15) is 0 Å². The molecule has 5 rings (SSSR count). The summed E-state index contributed by atoms with van der Waals surface area (Å²) < 4.78 is 2.85. The van der Waals surface area contributed by atoms with Crippen LogP contribution in [-0.2, 0) is 10.5 Å². The Labute approximate surface area is 195 Å². The third kappa shape index (κ3) is 4.90. The quantitative estimate of drug-likeness (QED) is 0.217. The van der Waals surface area contributed by atoms with Gasteiger partial charge in [-0.2, -0.15) is 0 Å². The molecule has 0 atom stereocenters. The summed E-state index contributed by atoms with van der Waals surface area (Å²) in [6, 6.07) is 22.7. The molecule has 0 saturated heterocycles. The second-order valence-corrected chi connectivity index (χ2v) is 11.0. The number of hydrogen-bond donors (Lipinski definition) is 1. The Bertz CT molecular complexity index is 1330. The van der Waals surface area contributed by atoms with E-state index in [0.29, 0.717) is 5.13 Å². The van der Waals surface area contributed by atoms with E-state index in [9.17, 15) is 4.79 Å². The van der Waals surface area contributed by atoms with Gasteiger partial charge in [-0.05, 0) is 28.5 Å². The van der Waals surface area contributed by atoms with E-state index in [2.05, 4.69) is 56.9 Å². The largest absolute Gasteiger partial charge is 0.300 e. The second kappa shape index (κ2) is 9.35. The number of nitrogens with one attached hydrogen (secondary N) is 1. The highest BCUT2D eigenvalue weighted by atomic mass is 32.2. The van der Waals surface area contributed by atoms with E-state index in [-0.39, 0.29) is 11.7 Å². The Morgan fingerprint density at radius 2 is 1.71 bits per heavy atom. The molecule has 0 saturated carbocycles. The number of hydrogen-bond acceptors (Lipinski definition) is 8. The SMILES string of the molecule is O=C(CSc1nc2ccccc2s1)Nc1nnc(SCc2cccc3ccccc23)s1. The van der Waals surface area contributed by atoms with Crippen molar-refractivity contribution in [2.24, 2.45) is 0 Å². The zero-order chi connectivity index (χ0) is 21.0.